The number of nitrogens with zero attached hydrogens (tertiary/aromatic N) is 1. The molecule has 2 amide bonds. The molecule has 3 rings (SSSR count). The zero-order valence-corrected chi connectivity index (χ0v) is 15.7. The van der Waals surface area contributed by atoms with Gasteiger partial charge in [-0.1, -0.05) is 30.9 Å². The van der Waals surface area contributed by atoms with Crippen molar-refractivity contribution in [3.63, 3.8) is 0 Å². The number of rotatable bonds is 7. The molecule has 0 bridgehead atoms. The fourth-order valence-electron chi connectivity index (χ4n) is 2.85. The van der Waals surface area contributed by atoms with E-state index in [0.717, 1.165) is 5.57 Å². The van der Waals surface area contributed by atoms with Crippen molar-refractivity contribution in [3.8, 4) is 5.75 Å². The molecule has 1 N–H and O–H groups in total. The van der Waals surface area contributed by atoms with Crippen LogP contribution in [0.1, 0.15) is 6.92 Å². The summed E-state index contributed by atoms with van der Waals surface area (Å²) in [6.07, 6.45) is 1.47. The first kappa shape index (κ1) is 19.0. The Labute approximate surface area is 161 Å². The number of β-lactam (4-membered cyclic amide) rings is 1. The quantitative estimate of drug-likeness (QED) is 0.433. The van der Waals surface area contributed by atoms with E-state index < -0.39 is 12.0 Å². The molecular weight excluding hydrogens is 368 g/mol. The van der Waals surface area contributed by atoms with E-state index in [1.165, 1.54) is 22.7 Å². The number of para-hydroxylation sites is 1. The summed E-state index contributed by atoms with van der Waals surface area (Å²) in [5.74, 6) is -0.111. The van der Waals surface area contributed by atoms with Crippen molar-refractivity contribution < 1.29 is 23.9 Å². The minimum absolute atomic E-state index is 0.0758. The molecule has 0 aliphatic carbocycles. The molecule has 0 aromatic heterocycles. The maximum atomic E-state index is 12.5. The van der Waals surface area contributed by atoms with Crippen LogP contribution in [0, 0.1) is 0 Å². The molecule has 0 saturated carbocycles. The van der Waals surface area contributed by atoms with Gasteiger partial charge in [0.25, 0.3) is 11.8 Å². The van der Waals surface area contributed by atoms with E-state index in [4.69, 9.17) is 9.47 Å². The van der Waals surface area contributed by atoms with Crippen LogP contribution < -0.4 is 10.1 Å². The molecular formula is C19H20N2O5S. The van der Waals surface area contributed by atoms with E-state index in [1.54, 1.807) is 31.2 Å². The Morgan fingerprint density at radius 3 is 2.81 bits per heavy atom. The highest BCUT2D eigenvalue weighted by atomic mass is 32.2. The SMILES string of the molecule is C=CCOC(=O)C1=C(C)CS[C@@H]2C(NC(=O)COc3ccccc3)C(=O)N12. The molecule has 0 radical (unpaired) electrons. The van der Waals surface area contributed by atoms with Crippen LogP contribution in [-0.4, -0.2) is 53.1 Å². The highest BCUT2D eigenvalue weighted by Crippen LogP contribution is 2.40. The average Bonchev–Trinajstić information content (AvgIpc) is 2.69. The van der Waals surface area contributed by atoms with Gasteiger partial charge in [-0.15, -0.1) is 11.8 Å². The van der Waals surface area contributed by atoms with Gasteiger partial charge in [-0.05, 0) is 24.6 Å². The van der Waals surface area contributed by atoms with Gasteiger partial charge in [0.15, 0.2) is 6.61 Å². The lowest BCUT2D eigenvalue weighted by Gasteiger charge is -2.49. The lowest BCUT2D eigenvalue weighted by molar-refractivity contribution is -0.152. The third-order valence-electron chi connectivity index (χ3n) is 4.11. The first-order valence-electron chi connectivity index (χ1n) is 8.42. The first-order chi connectivity index (χ1) is 13.0. The Morgan fingerprint density at radius 1 is 1.37 bits per heavy atom. The molecule has 2 aliphatic heterocycles. The number of carbonyl (C=O) groups excluding carboxylic acids is 3. The smallest absolute Gasteiger partial charge is 0.355 e. The second-order valence-corrected chi connectivity index (χ2v) is 7.18. The molecule has 142 valence electrons. The van der Waals surface area contributed by atoms with E-state index >= 15 is 0 Å². The van der Waals surface area contributed by atoms with Crippen molar-refractivity contribution in [2.75, 3.05) is 19.0 Å². The Hall–Kier alpha value is -2.74. The van der Waals surface area contributed by atoms with Gasteiger partial charge >= 0.3 is 5.97 Å². The summed E-state index contributed by atoms with van der Waals surface area (Å²) in [4.78, 5) is 38.3. The molecule has 1 saturated heterocycles. The van der Waals surface area contributed by atoms with Crippen LogP contribution in [0.3, 0.4) is 0 Å². The lowest BCUT2D eigenvalue weighted by Crippen LogP contribution is -2.70. The molecule has 0 spiro atoms. The molecule has 1 fully saturated rings. The molecule has 27 heavy (non-hydrogen) atoms. The van der Waals surface area contributed by atoms with Gasteiger partial charge in [0.1, 0.15) is 29.5 Å². The molecule has 2 atom stereocenters. The standard InChI is InChI=1S/C19H20N2O5S/c1-3-9-25-19(24)16-12(2)11-27-18-15(17(23)21(16)18)20-14(22)10-26-13-7-5-4-6-8-13/h3-8,15,18H,1,9-11H2,2H3,(H,20,22)/t15?,18-/m1/s1. The molecule has 7 nitrogen and oxygen atoms in total. The number of ether oxygens (including phenoxy) is 2. The third kappa shape index (κ3) is 4.00. The zero-order chi connectivity index (χ0) is 19.4. The molecule has 1 aromatic rings. The fraction of sp³-hybridized carbons (Fsp3) is 0.316. The predicted molar refractivity (Wildman–Crippen MR) is 101 cm³/mol. The topological polar surface area (TPSA) is 84.9 Å². The Kier molecular flexibility index (Phi) is 5.85. The Balaban J connectivity index is 1.59. The van der Waals surface area contributed by atoms with Crippen LogP contribution >= 0.6 is 11.8 Å². The van der Waals surface area contributed by atoms with E-state index in [0.29, 0.717) is 11.5 Å². The Bertz CT molecular complexity index is 793. The predicted octanol–water partition coefficient (Wildman–Crippen LogP) is 1.47. The number of nitrogens with one attached hydrogen (secondary N) is 1. The normalized spacial score (nSPS) is 21.1. The van der Waals surface area contributed by atoms with Gasteiger partial charge in [0.2, 0.25) is 0 Å². The van der Waals surface area contributed by atoms with Crippen molar-refractivity contribution in [2.45, 2.75) is 18.3 Å². The number of benzene rings is 1. The van der Waals surface area contributed by atoms with Crippen LogP contribution in [0.15, 0.2) is 54.3 Å². The summed E-state index contributed by atoms with van der Waals surface area (Å²) in [5.41, 5.74) is 1.03. The van der Waals surface area contributed by atoms with Gasteiger partial charge in [-0.25, -0.2) is 4.79 Å². The number of esters is 1. The number of fused-ring (bicyclic) bond motifs is 1. The maximum Gasteiger partial charge on any atom is 0.355 e. The summed E-state index contributed by atoms with van der Waals surface area (Å²) in [5, 5.41) is 2.36. The first-order valence-corrected chi connectivity index (χ1v) is 9.47. The summed E-state index contributed by atoms with van der Waals surface area (Å²) in [6, 6.07) is 8.27. The monoisotopic (exact) mass is 388 g/mol. The van der Waals surface area contributed by atoms with E-state index in [-0.39, 0.29) is 36.1 Å². The Morgan fingerprint density at radius 2 is 2.11 bits per heavy atom. The summed E-state index contributed by atoms with van der Waals surface area (Å²) in [6.45, 7) is 5.19. The second-order valence-electron chi connectivity index (χ2n) is 6.07. The van der Waals surface area contributed by atoms with Crippen molar-refractivity contribution in [1.29, 1.82) is 0 Å². The fourth-order valence-corrected chi connectivity index (χ4v) is 4.14. The number of thioether (sulfide) groups is 1. The van der Waals surface area contributed by atoms with Crippen LogP contribution in [0.25, 0.3) is 0 Å². The van der Waals surface area contributed by atoms with Gasteiger partial charge in [0, 0.05) is 5.75 Å². The van der Waals surface area contributed by atoms with Crippen molar-refractivity contribution >= 4 is 29.5 Å². The van der Waals surface area contributed by atoms with E-state index in [9.17, 15) is 14.4 Å². The highest BCUT2D eigenvalue weighted by molar-refractivity contribution is 8.00. The number of carbonyl (C=O) groups is 3. The van der Waals surface area contributed by atoms with Crippen molar-refractivity contribution in [1.82, 2.24) is 10.2 Å². The maximum absolute atomic E-state index is 12.5. The number of hydrogen-bond acceptors (Lipinski definition) is 6. The summed E-state index contributed by atoms with van der Waals surface area (Å²) in [7, 11) is 0. The molecule has 1 aromatic carbocycles. The summed E-state index contributed by atoms with van der Waals surface area (Å²) >= 11 is 1.50. The average molecular weight is 388 g/mol. The van der Waals surface area contributed by atoms with Crippen molar-refractivity contribution in [3.05, 3.63) is 54.3 Å². The van der Waals surface area contributed by atoms with Gasteiger partial charge < -0.3 is 14.8 Å². The minimum Gasteiger partial charge on any atom is -0.484 e. The van der Waals surface area contributed by atoms with Gasteiger partial charge in [-0.3, -0.25) is 14.5 Å². The molecule has 2 heterocycles. The number of hydrogen-bond donors (Lipinski definition) is 1. The van der Waals surface area contributed by atoms with Crippen LogP contribution in [0.2, 0.25) is 0 Å². The van der Waals surface area contributed by atoms with Gasteiger partial charge in [-0.2, -0.15) is 0 Å². The minimum atomic E-state index is -0.683. The van der Waals surface area contributed by atoms with Crippen LogP contribution in [0.5, 0.6) is 5.75 Å². The second kappa shape index (κ2) is 8.30. The zero-order valence-electron chi connectivity index (χ0n) is 14.8. The lowest BCUT2D eigenvalue weighted by atomic mass is 10.0. The molecule has 8 heteroatoms. The molecule has 1 unspecified atom stereocenters. The third-order valence-corrected chi connectivity index (χ3v) is 5.54. The summed E-state index contributed by atoms with van der Waals surface area (Å²) < 4.78 is 10.5. The van der Waals surface area contributed by atoms with Crippen molar-refractivity contribution in [2.24, 2.45) is 0 Å². The molecule has 2 aliphatic rings. The number of amides is 2. The van der Waals surface area contributed by atoms with Gasteiger partial charge in [0.05, 0.1) is 0 Å². The van der Waals surface area contributed by atoms with Crippen LogP contribution in [-0.2, 0) is 19.1 Å². The van der Waals surface area contributed by atoms with E-state index in [1.807, 2.05) is 6.07 Å². The highest BCUT2D eigenvalue weighted by Gasteiger charge is 2.53. The largest absolute Gasteiger partial charge is 0.484 e. The van der Waals surface area contributed by atoms with Crippen LogP contribution in [0.4, 0.5) is 0 Å². The van der Waals surface area contributed by atoms with E-state index in [2.05, 4.69) is 11.9 Å².